The highest BCUT2D eigenvalue weighted by molar-refractivity contribution is 6.33. The van der Waals surface area contributed by atoms with Crippen LogP contribution in [0, 0.1) is 5.82 Å². The molecule has 1 aliphatic heterocycles. The molecule has 3 rings (SSSR count). The minimum atomic E-state index is -0.704. The Morgan fingerprint density at radius 3 is 2.29 bits per heavy atom. The lowest BCUT2D eigenvalue weighted by Crippen LogP contribution is -2.46. The maximum Gasteiger partial charge on any atom is 0.255 e. The molecule has 28 heavy (non-hydrogen) atoms. The topological polar surface area (TPSA) is 110 Å². The first-order chi connectivity index (χ1) is 13.3. The number of phenols is 3. The first-order valence-corrected chi connectivity index (χ1v) is 8.94. The van der Waals surface area contributed by atoms with E-state index in [9.17, 15) is 29.3 Å². The summed E-state index contributed by atoms with van der Waals surface area (Å²) in [5.41, 5.74) is -0.175. The van der Waals surface area contributed by atoms with Gasteiger partial charge in [-0.05, 0) is 37.1 Å². The third-order valence-corrected chi connectivity index (χ3v) is 4.94. The molecule has 7 nitrogen and oxygen atoms in total. The fraction of sp³-hybridized carbons (Fsp3) is 0.263. The Morgan fingerprint density at radius 1 is 1.11 bits per heavy atom. The Bertz CT molecular complexity index is 885. The molecular formula is C19H18ClFN2O5. The molecule has 1 heterocycles. The molecule has 0 radical (unpaired) electrons. The van der Waals surface area contributed by atoms with Crippen molar-refractivity contribution in [3.8, 4) is 17.2 Å². The van der Waals surface area contributed by atoms with Crippen LogP contribution in [0.25, 0.3) is 0 Å². The van der Waals surface area contributed by atoms with E-state index in [4.69, 9.17) is 11.6 Å². The molecule has 2 aromatic carbocycles. The SMILES string of the molecule is O=C(NC1CCN(C(=O)c2cc(O)c(O)c(O)c2)CC1)c1c(F)cccc1Cl. The first kappa shape index (κ1) is 19.8. The van der Waals surface area contributed by atoms with Crippen LogP contribution in [-0.4, -0.2) is 51.2 Å². The minimum Gasteiger partial charge on any atom is -0.504 e. The fourth-order valence-corrected chi connectivity index (χ4v) is 3.36. The van der Waals surface area contributed by atoms with Crippen LogP contribution in [0.3, 0.4) is 0 Å². The zero-order valence-corrected chi connectivity index (χ0v) is 15.4. The summed E-state index contributed by atoms with van der Waals surface area (Å²) in [4.78, 5) is 26.3. The average molecular weight is 409 g/mol. The van der Waals surface area contributed by atoms with E-state index < -0.39 is 34.9 Å². The number of carbonyl (C=O) groups excluding carboxylic acids is 2. The van der Waals surface area contributed by atoms with Crippen molar-refractivity contribution in [2.45, 2.75) is 18.9 Å². The molecule has 0 unspecified atom stereocenters. The molecule has 9 heteroatoms. The molecule has 4 N–H and O–H groups in total. The van der Waals surface area contributed by atoms with Gasteiger partial charge in [-0.15, -0.1) is 0 Å². The number of phenolic OH excluding ortho intramolecular Hbond substituents is 3. The van der Waals surface area contributed by atoms with Crippen LogP contribution in [0.1, 0.15) is 33.6 Å². The number of amides is 2. The molecule has 0 aromatic heterocycles. The lowest BCUT2D eigenvalue weighted by molar-refractivity contribution is 0.0697. The number of likely N-dealkylation sites (tertiary alicyclic amines) is 1. The molecule has 0 saturated carbocycles. The van der Waals surface area contributed by atoms with Crippen LogP contribution >= 0.6 is 11.6 Å². The van der Waals surface area contributed by atoms with Crippen molar-refractivity contribution >= 4 is 23.4 Å². The van der Waals surface area contributed by atoms with Gasteiger partial charge in [0.1, 0.15) is 5.82 Å². The molecule has 0 spiro atoms. The monoisotopic (exact) mass is 408 g/mol. The van der Waals surface area contributed by atoms with Crippen molar-refractivity contribution in [3.63, 3.8) is 0 Å². The third kappa shape index (κ3) is 3.96. The summed E-state index contributed by atoms with van der Waals surface area (Å²) < 4.78 is 13.8. The van der Waals surface area contributed by atoms with Gasteiger partial charge in [-0.25, -0.2) is 4.39 Å². The summed E-state index contributed by atoms with van der Waals surface area (Å²) in [5, 5.41) is 31.2. The summed E-state index contributed by atoms with van der Waals surface area (Å²) in [7, 11) is 0. The van der Waals surface area contributed by atoms with Crippen LogP contribution in [0.15, 0.2) is 30.3 Å². The van der Waals surface area contributed by atoms with E-state index in [2.05, 4.69) is 5.32 Å². The number of hydrogen-bond acceptors (Lipinski definition) is 5. The largest absolute Gasteiger partial charge is 0.504 e. The van der Waals surface area contributed by atoms with Crippen molar-refractivity contribution in [1.82, 2.24) is 10.2 Å². The highest BCUT2D eigenvalue weighted by Crippen LogP contribution is 2.35. The van der Waals surface area contributed by atoms with Gasteiger partial charge >= 0.3 is 0 Å². The standard InChI is InChI=1S/C19H18ClFN2O5/c20-12-2-1-3-13(21)16(12)18(27)22-11-4-6-23(7-5-11)19(28)10-8-14(24)17(26)15(25)9-10/h1-3,8-9,11,24-26H,4-7H2,(H,22,27). The van der Waals surface area contributed by atoms with Crippen LogP contribution in [-0.2, 0) is 0 Å². The van der Waals surface area contributed by atoms with E-state index in [1.165, 1.54) is 17.0 Å². The van der Waals surface area contributed by atoms with Crippen molar-refractivity contribution in [3.05, 3.63) is 52.3 Å². The molecule has 2 aromatic rings. The van der Waals surface area contributed by atoms with E-state index in [0.29, 0.717) is 25.9 Å². The second-order valence-corrected chi connectivity index (χ2v) is 6.91. The lowest BCUT2D eigenvalue weighted by atomic mass is 10.0. The van der Waals surface area contributed by atoms with Crippen molar-refractivity contribution in [2.24, 2.45) is 0 Å². The van der Waals surface area contributed by atoms with Gasteiger partial charge in [0.25, 0.3) is 11.8 Å². The second kappa shape index (κ2) is 7.93. The Balaban J connectivity index is 1.62. The van der Waals surface area contributed by atoms with Gasteiger partial charge in [0.05, 0.1) is 10.6 Å². The number of hydrogen-bond donors (Lipinski definition) is 4. The van der Waals surface area contributed by atoms with Crippen molar-refractivity contribution < 1.29 is 29.3 Å². The summed E-state index contributed by atoms with van der Waals surface area (Å²) in [6.45, 7) is 0.633. The number of aromatic hydroxyl groups is 3. The van der Waals surface area contributed by atoms with Gasteiger partial charge in [0.15, 0.2) is 17.2 Å². The second-order valence-electron chi connectivity index (χ2n) is 6.50. The normalized spacial score (nSPS) is 14.7. The average Bonchev–Trinajstić information content (AvgIpc) is 2.65. The molecule has 148 valence electrons. The van der Waals surface area contributed by atoms with E-state index in [-0.39, 0.29) is 22.2 Å². The lowest BCUT2D eigenvalue weighted by Gasteiger charge is -2.32. The van der Waals surface area contributed by atoms with Crippen molar-refractivity contribution in [1.29, 1.82) is 0 Å². The highest BCUT2D eigenvalue weighted by atomic mass is 35.5. The van der Waals surface area contributed by atoms with Crippen LogP contribution in [0.5, 0.6) is 17.2 Å². The van der Waals surface area contributed by atoms with Crippen molar-refractivity contribution in [2.75, 3.05) is 13.1 Å². The summed E-state index contributed by atoms with van der Waals surface area (Å²) in [6, 6.07) is 5.90. The van der Waals surface area contributed by atoms with Crippen LogP contribution in [0.2, 0.25) is 5.02 Å². The maximum absolute atomic E-state index is 13.8. The first-order valence-electron chi connectivity index (χ1n) is 8.57. The number of piperidine rings is 1. The number of nitrogens with one attached hydrogen (secondary N) is 1. The quantitative estimate of drug-likeness (QED) is 0.583. The Hall–Kier alpha value is -3.00. The molecule has 1 aliphatic rings. The number of rotatable bonds is 3. The molecular weight excluding hydrogens is 391 g/mol. The molecule has 0 bridgehead atoms. The molecule has 2 amide bonds. The van der Waals surface area contributed by atoms with Crippen LogP contribution in [0.4, 0.5) is 4.39 Å². The van der Waals surface area contributed by atoms with E-state index >= 15 is 0 Å². The van der Waals surface area contributed by atoms with Gasteiger partial charge in [0, 0.05) is 24.7 Å². The van der Waals surface area contributed by atoms with Gasteiger partial charge in [-0.3, -0.25) is 9.59 Å². The Morgan fingerprint density at radius 2 is 1.71 bits per heavy atom. The predicted octanol–water partition coefficient (Wildman–Crippen LogP) is 2.63. The number of benzene rings is 2. The molecule has 0 aliphatic carbocycles. The number of halogens is 2. The molecule has 1 saturated heterocycles. The predicted molar refractivity (Wildman–Crippen MR) is 99.2 cm³/mol. The smallest absolute Gasteiger partial charge is 0.255 e. The number of carbonyl (C=O) groups is 2. The Labute approximate surface area is 165 Å². The van der Waals surface area contributed by atoms with Crippen LogP contribution < -0.4 is 5.32 Å². The zero-order valence-electron chi connectivity index (χ0n) is 14.7. The fourth-order valence-electron chi connectivity index (χ4n) is 3.11. The minimum absolute atomic E-state index is 0.0251. The van der Waals surface area contributed by atoms with E-state index in [0.717, 1.165) is 18.2 Å². The van der Waals surface area contributed by atoms with E-state index in [1.807, 2.05) is 0 Å². The molecule has 1 fully saturated rings. The third-order valence-electron chi connectivity index (χ3n) is 4.62. The maximum atomic E-state index is 13.8. The van der Waals surface area contributed by atoms with E-state index in [1.54, 1.807) is 0 Å². The van der Waals surface area contributed by atoms with Gasteiger partial charge in [-0.1, -0.05) is 17.7 Å². The van der Waals surface area contributed by atoms with Gasteiger partial charge in [-0.2, -0.15) is 0 Å². The summed E-state index contributed by atoms with van der Waals surface area (Å²) in [6.07, 6.45) is 0.888. The number of nitrogens with zero attached hydrogens (tertiary/aromatic N) is 1. The zero-order chi connectivity index (χ0) is 20.4. The highest BCUT2D eigenvalue weighted by Gasteiger charge is 2.27. The summed E-state index contributed by atoms with van der Waals surface area (Å²) in [5.74, 6) is -3.61. The van der Waals surface area contributed by atoms with Gasteiger partial charge in [0.2, 0.25) is 0 Å². The van der Waals surface area contributed by atoms with Gasteiger partial charge < -0.3 is 25.5 Å². The Kier molecular flexibility index (Phi) is 5.60. The summed E-state index contributed by atoms with van der Waals surface area (Å²) >= 11 is 5.90. The molecule has 0 atom stereocenters.